The Balaban J connectivity index is 2.28. The summed E-state index contributed by atoms with van der Waals surface area (Å²) in [6, 6.07) is 7.76. The Morgan fingerprint density at radius 2 is 2.00 bits per heavy atom. The molecular formula is C13H16N4O. The summed E-state index contributed by atoms with van der Waals surface area (Å²) in [7, 11) is 3.96. The Morgan fingerprint density at radius 3 is 2.72 bits per heavy atom. The molecule has 1 aromatic heterocycles. The van der Waals surface area contributed by atoms with Gasteiger partial charge in [0.15, 0.2) is 0 Å². The van der Waals surface area contributed by atoms with Crippen molar-refractivity contribution in [1.29, 1.82) is 0 Å². The minimum Gasteiger partial charge on any atom is -0.438 e. The first-order valence-electron chi connectivity index (χ1n) is 5.60. The van der Waals surface area contributed by atoms with Crippen LogP contribution in [0.2, 0.25) is 0 Å². The van der Waals surface area contributed by atoms with Crippen LogP contribution in [0.15, 0.2) is 30.6 Å². The molecular weight excluding hydrogens is 228 g/mol. The third-order valence-corrected chi connectivity index (χ3v) is 2.63. The molecule has 1 heterocycles. The molecule has 2 aromatic rings. The van der Waals surface area contributed by atoms with Gasteiger partial charge in [0.25, 0.3) is 0 Å². The molecule has 0 saturated heterocycles. The van der Waals surface area contributed by atoms with Crippen LogP contribution in [-0.4, -0.2) is 24.1 Å². The summed E-state index contributed by atoms with van der Waals surface area (Å²) in [6.45, 7) is 1.83. The van der Waals surface area contributed by atoms with Gasteiger partial charge in [-0.25, -0.2) is 9.97 Å². The average Bonchev–Trinajstić information content (AvgIpc) is 2.35. The molecule has 2 N–H and O–H groups in total. The van der Waals surface area contributed by atoms with E-state index in [0.717, 1.165) is 17.0 Å². The number of aromatic nitrogens is 2. The fourth-order valence-electron chi connectivity index (χ4n) is 1.49. The number of nitrogens with two attached hydrogens (primary N) is 1. The Morgan fingerprint density at radius 1 is 1.22 bits per heavy atom. The SMILES string of the molecule is Cc1c(N)ncnc1Oc1cccc(N(C)C)c1. The third-order valence-electron chi connectivity index (χ3n) is 2.63. The first kappa shape index (κ1) is 12.2. The number of ether oxygens (including phenoxy) is 1. The summed E-state index contributed by atoms with van der Waals surface area (Å²) in [4.78, 5) is 10.00. The van der Waals surface area contributed by atoms with Gasteiger partial charge in [0.2, 0.25) is 5.88 Å². The number of nitrogen functional groups attached to an aromatic ring is 1. The van der Waals surface area contributed by atoms with Crippen LogP contribution in [0.1, 0.15) is 5.56 Å². The van der Waals surface area contributed by atoms with Crippen LogP contribution in [0.5, 0.6) is 11.6 Å². The summed E-state index contributed by atoms with van der Waals surface area (Å²) >= 11 is 0. The molecule has 0 radical (unpaired) electrons. The van der Waals surface area contributed by atoms with Crippen molar-refractivity contribution in [1.82, 2.24) is 9.97 Å². The molecule has 0 aliphatic carbocycles. The fourth-order valence-corrected chi connectivity index (χ4v) is 1.49. The van der Waals surface area contributed by atoms with Crippen molar-refractivity contribution in [2.24, 2.45) is 0 Å². The van der Waals surface area contributed by atoms with Crippen LogP contribution in [0, 0.1) is 6.92 Å². The number of anilines is 2. The zero-order valence-electron chi connectivity index (χ0n) is 10.7. The van der Waals surface area contributed by atoms with Gasteiger partial charge in [0.05, 0.1) is 5.56 Å². The van der Waals surface area contributed by atoms with Crippen molar-refractivity contribution >= 4 is 11.5 Å². The molecule has 0 aliphatic heterocycles. The lowest BCUT2D eigenvalue weighted by molar-refractivity contribution is 0.458. The predicted molar refractivity (Wildman–Crippen MR) is 72.0 cm³/mol. The highest BCUT2D eigenvalue weighted by Crippen LogP contribution is 2.27. The zero-order chi connectivity index (χ0) is 13.1. The molecule has 0 fully saturated rings. The van der Waals surface area contributed by atoms with E-state index >= 15 is 0 Å². The largest absolute Gasteiger partial charge is 0.438 e. The van der Waals surface area contributed by atoms with Crippen molar-refractivity contribution in [3.63, 3.8) is 0 Å². The van der Waals surface area contributed by atoms with E-state index in [1.54, 1.807) is 0 Å². The van der Waals surface area contributed by atoms with Crippen LogP contribution >= 0.6 is 0 Å². The number of hydrogen-bond acceptors (Lipinski definition) is 5. The minimum absolute atomic E-state index is 0.434. The molecule has 94 valence electrons. The van der Waals surface area contributed by atoms with E-state index in [1.807, 2.05) is 50.2 Å². The monoisotopic (exact) mass is 244 g/mol. The Labute approximate surface area is 106 Å². The van der Waals surface area contributed by atoms with Crippen molar-refractivity contribution < 1.29 is 4.74 Å². The van der Waals surface area contributed by atoms with Crippen LogP contribution in [0.3, 0.4) is 0 Å². The third kappa shape index (κ3) is 2.51. The Hall–Kier alpha value is -2.30. The average molecular weight is 244 g/mol. The first-order valence-corrected chi connectivity index (χ1v) is 5.60. The zero-order valence-corrected chi connectivity index (χ0v) is 10.7. The van der Waals surface area contributed by atoms with E-state index in [4.69, 9.17) is 10.5 Å². The molecule has 0 aliphatic rings. The highest BCUT2D eigenvalue weighted by atomic mass is 16.5. The summed E-state index contributed by atoms with van der Waals surface area (Å²) in [5.41, 5.74) is 7.52. The smallest absolute Gasteiger partial charge is 0.227 e. The molecule has 1 aromatic carbocycles. The van der Waals surface area contributed by atoms with E-state index in [9.17, 15) is 0 Å². The van der Waals surface area contributed by atoms with Gasteiger partial charge in [-0.15, -0.1) is 0 Å². The number of hydrogen-bond donors (Lipinski definition) is 1. The van der Waals surface area contributed by atoms with Crippen LogP contribution in [-0.2, 0) is 0 Å². The van der Waals surface area contributed by atoms with Crippen molar-refractivity contribution in [2.45, 2.75) is 6.92 Å². The number of rotatable bonds is 3. The Bertz CT molecular complexity index is 554. The molecule has 2 rings (SSSR count). The predicted octanol–water partition coefficient (Wildman–Crippen LogP) is 2.23. The minimum atomic E-state index is 0.434. The van der Waals surface area contributed by atoms with Crippen LogP contribution in [0.4, 0.5) is 11.5 Å². The molecule has 0 atom stereocenters. The highest BCUT2D eigenvalue weighted by molar-refractivity contribution is 5.51. The van der Waals surface area contributed by atoms with Crippen LogP contribution in [0.25, 0.3) is 0 Å². The fraction of sp³-hybridized carbons (Fsp3) is 0.231. The molecule has 5 nitrogen and oxygen atoms in total. The number of benzene rings is 1. The van der Waals surface area contributed by atoms with Gasteiger partial charge in [-0.1, -0.05) is 6.07 Å². The van der Waals surface area contributed by atoms with E-state index in [1.165, 1.54) is 6.33 Å². The number of nitrogens with zero attached hydrogens (tertiary/aromatic N) is 3. The van der Waals surface area contributed by atoms with E-state index in [0.29, 0.717) is 11.7 Å². The molecule has 0 amide bonds. The summed E-state index contributed by atoms with van der Waals surface area (Å²) in [6.07, 6.45) is 1.40. The topological polar surface area (TPSA) is 64.3 Å². The standard InChI is InChI=1S/C13H16N4O/c1-9-12(14)15-8-16-13(9)18-11-6-4-5-10(7-11)17(2)3/h4-8H,1-3H3,(H2,14,15,16). The van der Waals surface area contributed by atoms with Crippen molar-refractivity contribution in [3.8, 4) is 11.6 Å². The van der Waals surface area contributed by atoms with Crippen molar-refractivity contribution in [2.75, 3.05) is 24.7 Å². The van der Waals surface area contributed by atoms with Gasteiger partial charge in [0.1, 0.15) is 17.9 Å². The van der Waals surface area contributed by atoms with Crippen LogP contribution < -0.4 is 15.4 Å². The first-order chi connectivity index (χ1) is 8.58. The van der Waals surface area contributed by atoms with E-state index < -0.39 is 0 Å². The van der Waals surface area contributed by atoms with Gasteiger partial charge < -0.3 is 15.4 Å². The lowest BCUT2D eigenvalue weighted by Crippen LogP contribution is -2.08. The maximum absolute atomic E-state index is 5.72. The second kappa shape index (κ2) is 4.91. The van der Waals surface area contributed by atoms with E-state index in [-0.39, 0.29) is 0 Å². The second-order valence-electron chi connectivity index (χ2n) is 4.18. The maximum atomic E-state index is 5.72. The summed E-state index contributed by atoms with van der Waals surface area (Å²) in [5.74, 6) is 1.64. The maximum Gasteiger partial charge on any atom is 0.227 e. The summed E-state index contributed by atoms with van der Waals surface area (Å²) < 4.78 is 5.72. The molecule has 0 bridgehead atoms. The van der Waals surface area contributed by atoms with E-state index in [2.05, 4.69) is 9.97 Å². The lowest BCUT2D eigenvalue weighted by Gasteiger charge is -2.14. The van der Waals surface area contributed by atoms with Gasteiger partial charge in [-0.05, 0) is 19.1 Å². The molecule has 0 spiro atoms. The van der Waals surface area contributed by atoms with Crippen molar-refractivity contribution in [3.05, 3.63) is 36.2 Å². The normalized spacial score (nSPS) is 10.2. The molecule has 5 heteroatoms. The highest BCUT2D eigenvalue weighted by Gasteiger charge is 2.07. The second-order valence-corrected chi connectivity index (χ2v) is 4.18. The van der Waals surface area contributed by atoms with Gasteiger partial charge >= 0.3 is 0 Å². The van der Waals surface area contributed by atoms with Gasteiger partial charge in [0, 0.05) is 25.8 Å². The molecule has 0 saturated carbocycles. The van der Waals surface area contributed by atoms with Gasteiger partial charge in [-0.2, -0.15) is 0 Å². The Kier molecular flexibility index (Phi) is 3.32. The lowest BCUT2D eigenvalue weighted by atomic mass is 10.3. The molecule has 18 heavy (non-hydrogen) atoms. The molecule has 0 unspecified atom stereocenters. The summed E-state index contributed by atoms with van der Waals surface area (Å²) in [5, 5.41) is 0. The van der Waals surface area contributed by atoms with Gasteiger partial charge in [-0.3, -0.25) is 0 Å². The quantitative estimate of drug-likeness (QED) is 0.896.